The van der Waals surface area contributed by atoms with Gasteiger partial charge >= 0.3 is 5.97 Å². The molecular formula is C22H30N4O2S. The second-order valence-corrected chi connectivity index (χ2v) is 9.00. The van der Waals surface area contributed by atoms with Crippen molar-refractivity contribution in [3.05, 3.63) is 34.9 Å². The molecule has 1 aliphatic carbocycles. The standard InChI is InChI=1S/C22H30N4O2S/c1-3-17(19-24-22(20(27)28-19)10-5-4-6-11-22)8-7-9-18-16-29-21(23-18)26-14-12-25(2)13-15-26/h3,7-8,16H,4-6,9-15H2,1-2H3/b8-7-,17-3+. The van der Waals surface area contributed by atoms with E-state index in [0.717, 1.165) is 74.7 Å². The van der Waals surface area contributed by atoms with Crippen LogP contribution < -0.4 is 4.90 Å². The van der Waals surface area contributed by atoms with Crippen molar-refractivity contribution in [2.24, 2.45) is 4.99 Å². The Hall–Kier alpha value is -1.99. The van der Waals surface area contributed by atoms with Crippen molar-refractivity contribution in [2.45, 2.75) is 51.0 Å². The molecule has 1 saturated carbocycles. The molecule has 0 amide bonds. The minimum atomic E-state index is -0.623. The van der Waals surface area contributed by atoms with Gasteiger partial charge in [-0.3, -0.25) is 0 Å². The minimum absolute atomic E-state index is 0.170. The zero-order valence-electron chi connectivity index (χ0n) is 17.4. The number of ether oxygens (including phenoxy) is 1. The second-order valence-electron chi connectivity index (χ2n) is 8.16. The smallest absolute Gasteiger partial charge is 0.340 e. The Morgan fingerprint density at radius 3 is 2.72 bits per heavy atom. The van der Waals surface area contributed by atoms with Crippen LogP contribution in [0.15, 0.2) is 34.2 Å². The Morgan fingerprint density at radius 1 is 1.24 bits per heavy atom. The molecule has 1 aromatic rings. The van der Waals surface area contributed by atoms with Gasteiger partial charge in [0.05, 0.1) is 5.69 Å². The van der Waals surface area contributed by atoms with Crippen molar-refractivity contribution in [1.82, 2.24) is 9.88 Å². The van der Waals surface area contributed by atoms with Crippen LogP contribution in [-0.4, -0.2) is 60.5 Å². The van der Waals surface area contributed by atoms with Crippen molar-refractivity contribution in [2.75, 3.05) is 38.1 Å². The van der Waals surface area contributed by atoms with Crippen molar-refractivity contribution in [3.63, 3.8) is 0 Å². The van der Waals surface area contributed by atoms with Gasteiger partial charge in [0.2, 0.25) is 5.90 Å². The van der Waals surface area contributed by atoms with Gasteiger partial charge in [-0.2, -0.15) is 0 Å². The van der Waals surface area contributed by atoms with Gasteiger partial charge in [0.1, 0.15) is 0 Å². The van der Waals surface area contributed by atoms with E-state index in [1.165, 1.54) is 6.42 Å². The number of hydrogen-bond acceptors (Lipinski definition) is 7. The summed E-state index contributed by atoms with van der Waals surface area (Å²) < 4.78 is 5.57. The first-order valence-corrected chi connectivity index (χ1v) is 11.5. The first-order chi connectivity index (χ1) is 14.1. The minimum Gasteiger partial charge on any atom is -0.405 e. The Bertz CT molecular complexity index is 828. The van der Waals surface area contributed by atoms with E-state index in [1.54, 1.807) is 11.3 Å². The van der Waals surface area contributed by atoms with Gasteiger partial charge in [-0.25, -0.2) is 14.8 Å². The quantitative estimate of drug-likeness (QED) is 0.544. The number of hydrogen-bond donors (Lipinski definition) is 0. The Labute approximate surface area is 177 Å². The molecule has 0 atom stereocenters. The summed E-state index contributed by atoms with van der Waals surface area (Å²) in [4.78, 5) is 26.7. The van der Waals surface area contributed by atoms with Crippen LogP contribution in [0.1, 0.15) is 44.7 Å². The van der Waals surface area contributed by atoms with Crippen molar-refractivity contribution >= 4 is 28.3 Å². The molecule has 7 heteroatoms. The fourth-order valence-electron chi connectivity index (χ4n) is 4.15. The number of rotatable bonds is 5. The lowest BCUT2D eigenvalue weighted by Gasteiger charge is -2.32. The zero-order valence-corrected chi connectivity index (χ0v) is 18.2. The van der Waals surface area contributed by atoms with E-state index in [4.69, 9.17) is 14.7 Å². The van der Waals surface area contributed by atoms with Crippen LogP contribution in [0.5, 0.6) is 0 Å². The lowest BCUT2D eigenvalue weighted by atomic mass is 9.83. The maximum Gasteiger partial charge on any atom is 0.340 e. The summed E-state index contributed by atoms with van der Waals surface area (Å²) in [6.07, 6.45) is 11.7. The molecule has 2 fully saturated rings. The van der Waals surface area contributed by atoms with Crippen molar-refractivity contribution < 1.29 is 9.53 Å². The molecule has 1 saturated heterocycles. The van der Waals surface area contributed by atoms with Crippen LogP contribution in [0.2, 0.25) is 0 Å². The van der Waals surface area contributed by atoms with E-state index in [2.05, 4.69) is 28.3 Å². The highest BCUT2D eigenvalue weighted by Gasteiger charge is 2.46. The van der Waals surface area contributed by atoms with Gasteiger partial charge in [0, 0.05) is 43.6 Å². The number of esters is 1. The normalized spacial score (nSPS) is 23.1. The van der Waals surface area contributed by atoms with Crippen LogP contribution in [0, 0.1) is 0 Å². The fourth-order valence-corrected chi connectivity index (χ4v) is 5.04. The number of carbonyl (C=O) groups excluding carboxylic acids is 1. The number of carbonyl (C=O) groups is 1. The third-order valence-corrected chi connectivity index (χ3v) is 7.01. The van der Waals surface area contributed by atoms with Gasteiger partial charge in [0.15, 0.2) is 10.7 Å². The highest BCUT2D eigenvalue weighted by atomic mass is 32.1. The highest BCUT2D eigenvalue weighted by molar-refractivity contribution is 7.13. The van der Waals surface area contributed by atoms with E-state index in [0.29, 0.717) is 5.90 Å². The van der Waals surface area contributed by atoms with Gasteiger partial charge in [-0.05, 0) is 26.8 Å². The van der Waals surface area contributed by atoms with Gasteiger partial charge in [-0.15, -0.1) is 11.3 Å². The number of aromatic nitrogens is 1. The number of aliphatic imine (C=N–C) groups is 1. The summed E-state index contributed by atoms with van der Waals surface area (Å²) in [7, 11) is 2.16. The summed E-state index contributed by atoms with van der Waals surface area (Å²) in [6, 6.07) is 0. The van der Waals surface area contributed by atoms with Crippen molar-refractivity contribution in [1.29, 1.82) is 0 Å². The van der Waals surface area contributed by atoms with Gasteiger partial charge in [-0.1, -0.05) is 37.5 Å². The third-order valence-electron chi connectivity index (χ3n) is 6.06. The van der Waals surface area contributed by atoms with E-state index in [-0.39, 0.29) is 5.97 Å². The van der Waals surface area contributed by atoms with Crippen LogP contribution in [0.4, 0.5) is 5.13 Å². The van der Waals surface area contributed by atoms with E-state index < -0.39 is 5.54 Å². The van der Waals surface area contributed by atoms with E-state index in [1.807, 2.05) is 19.1 Å². The SMILES string of the molecule is C/C=C(\C=C/Cc1csc(N2CCN(C)CC2)n1)C1=NC2(CCCCC2)C(=O)O1. The molecule has 156 valence electrons. The van der Waals surface area contributed by atoms with Crippen LogP contribution >= 0.6 is 11.3 Å². The van der Waals surface area contributed by atoms with Gasteiger partial charge < -0.3 is 14.5 Å². The average Bonchev–Trinajstić information content (AvgIpc) is 3.32. The number of thiazole rings is 1. The molecule has 0 unspecified atom stereocenters. The zero-order chi connectivity index (χ0) is 20.3. The molecular weight excluding hydrogens is 384 g/mol. The Balaban J connectivity index is 1.37. The summed E-state index contributed by atoms with van der Waals surface area (Å²) >= 11 is 1.72. The summed E-state index contributed by atoms with van der Waals surface area (Å²) in [5, 5.41) is 3.25. The van der Waals surface area contributed by atoms with Crippen molar-refractivity contribution in [3.8, 4) is 0 Å². The number of cyclic esters (lactones) is 1. The Kier molecular flexibility index (Phi) is 6.15. The molecule has 1 aromatic heterocycles. The molecule has 29 heavy (non-hydrogen) atoms. The molecule has 3 heterocycles. The summed E-state index contributed by atoms with van der Waals surface area (Å²) in [5.41, 5.74) is 1.32. The average molecular weight is 415 g/mol. The van der Waals surface area contributed by atoms with Crippen LogP contribution in [-0.2, 0) is 16.0 Å². The third kappa shape index (κ3) is 4.46. The first-order valence-electron chi connectivity index (χ1n) is 10.6. The number of allylic oxidation sites excluding steroid dienone is 2. The van der Waals surface area contributed by atoms with E-state index >= 15 is 0 Å². The molecule has 6 nitrogen and oxygen atoms in total. The number of likely N-dealkylation sites (N-methyl/N-ethyl adjacent to an activating group) is 1. The number of anilines is 1. The Morgan fingerprint density at radius 2 is 2.00 bits per heavy atom. The predicted octanol–water partition coefficient (Wildman–Crippen LogP) is 3.60. The highest BCUT2D eigenvalue weighted by Crippen LogP contribution is 2.37. The fraction of sp³-hybridized carbons (Fsp3) is 0.591. The lowest BCUT2D eigenvalue weighted by molar-refractivity contribution is -0.140. The van der Waals surface area contributed by atoms with Crippen LogP contribution in [0.3, 0.4) is 0 Å². The second kappa shape index (κ2) is 8.79. The first kappa shape index (κ1) is 20.3. The molecule has 0 aromatic carbocycles. The maximum absolute atomic E-state index is 12.4. The molecule has 0 N–H and O–H groups in total. The molecule has 1 spiro atoms. The molecule has 0 radical (unpaired) electrons. The predicted molar refractivity (Wildman–Crippen MR) is 118 cm³/mol. The molecule has 0 bridgehead atoms. The number of piperazine rings is 1. The van der Waals surface area contributed by atoms with Gasteiger partial charge in [0.25, 0.3) is 0 Å². The van der Waals surface area contributed by atoms with Crippen LogP contribution in [0.25, 0.3) is 0 Å². The molecule has 2 aliphatic heterocycles. The molecule has 3 aliphatic rings. The largest absolute Gasteiger partial charge is 0.405 e. The van der Waals surface area contributed by atoms with E-state index in [9.17, 15) is 4.79 Å². The maximum atomic E-state index is 12.4. The summed E-state index contributed by atoms with van der Waals surface area (Å²) in [6.45, 7) is 6.20. The topological polar surface area (TPSA) is 58.0 Å². The lowest BCUT2D eigenvalue weighted by Crippen LogP contribution is -2.44. The summed E-state index contributed by atoms with van der Waals surface area (Å²) in [5.74, 6) is 0.309. The molecule has 4 rings (SSSR count). The number of nitrogens with zero attached hydrogens (tertiary/aromatic N) is 4. The monoisotopic (exact) mass is 414 g/mol.